The van der Waals surface area contributed by atoms with Gasteiger partial charge >= 0.3 is 0 Å². The molecule has 0 bridgehead atoms. The molecule has 1 aliphatic carbocycles. The van der Waals surface area contributed by atoms with E-state index in [4.69, 9.17) is 9.47 Å². The molecule has 3 heteroatoms. The first-order valence-corrected chi connectivity index (χ1v) is 6.71. The van der Waals surface area contributed by atoms with Crippen LogP contribution in [0.25, 0.3) is 0 Å². The molecule has 2 rings (SSSR count). The molecule has 0 spiro atoms. The summed E-state index contributed by atoms with van der Waals surface area (Å²) in [5, 5.41) is 3.62. The normalized spacial score (nSPS) is 23.9. The molecule has 1 aliphatic rings. The number of nitrogens with one attached hydrogen (secondary N) is 1. The van der Waals surface area contributed by atoms with Crippen LogP contribution in [0, 0.1) is 0 Å². The average Bonchev–Trinajstić information content (AvgIpc) is 2.45. The number of hydrogen-bond donors (Lipinski definition) is 1. The third-order valence-corrected chi connectivity index (χ3v) is 3.69. The summed E-state index contributed by atoms with van der Waals surface area (Å²) in [7, 11) is 3.52. The van der Waals surface area contributed by atoms with Crippen molar-refractivity contribution in [2.24, 2.45) is 0 Å². The van der Waals surface area contributed by atoms with E-state index in [0.29, 0.717) is 12.1 Å². The topological polar surface area (TPSA) is 30.5 Å². The number of hydrogen-bond acceptors (Lipinski definition) is 3. The predicted octanol–water partition coefficient (Wildman–Crippen LogP) is 2.74. The molecule has 0 aliphatic heterocycles. The van der Waals surface area contributed by atoms with Crippen LogP contribution >= 0.6 is 0 Å². The lowest BCUT2D eigenvalue weighted by atomic mass is 9.92. The highest BCUT2D eigenvalue weighted by Gasteiger charge is 2.20. The molecule has 3 nitrogen and oxygen atoms in total. The molecule has 100 valence electrons. The zero-order valence-corrected chi connectivity index (χ0v) is 11.3. The summed E-state index contributed by atoms with van der Waals surface area (Å²) >= 11 is 0. The zero-order valence-electron chi connectivity index (χ0n) is 11.3. The number of benzene rings is 1. The summed E-state index contributed by atoms with van der Waals surface area (Å²) < 4.78 is 10.7. The molecule has 0 amide bonds. The Kier molecular flexibility index (Phi) is 5.02. The maximum atomic E-state index is 5.45. The Balaban J connectivity index is 1.83. The second-order valence-corrected chi connectivity index (χ2v) is 4.95. The van der Waals surface area contributed by atoms with Crippen LogP contribution in [0.2, 0.25) is 0 Å². The van der Waals surface area contributed by atoms with Crippen molar-refractivity contribution in [2.75, 3.05) is 14.2 Å². The van der Waals surface area contributed by atoms with Crippen molar-refractivity contribution < 1.29 is 9.47 Å². The van der Waals surface area contributed by atoms with Crippen LogP contribution in [0.4, 0.5) is 0 Å². The van der Waals surface area contributed by atoms with Crippen LogP contribution in [0.3, 0.4) is 0 Å². The van der Waals surface area contributed by atoms with Gasteiger partial charge in [0.25, 0.3) is 0 Å². The molecule has 0 aromatic heterocycles. The molecule has 1 aromatic carbocycles. The van der Waals surface area contributed by atoms with Crippen molar-refractivity contribution in [3.05, 3.63) is 29.8 Å². The van der Waals surface area contributed by atoms with Gasteiger partial charge in [-0.2, -0.15) is 0 Å². The van der Waals surface area contributed by atoms with Gasteiger partial charge in [0.2, 0.25) is 0 Å². The molecule has 1 aromatic rings. The standard InChI is InChI=1S/C15H23NO2/c1-17-14-7-3-5-12(9-14)11-16-13-6-4-8-15(10-13)18-2/h3,5,7,9,13,15-16H,4,6,8,10-11H2,1-2H3. The van der Waals surface area contributed by atoms with Gasteiger partial charge in [-0.05, 0) is 43.4 Å². The minimum absolute atomic E-state index is 0.432. The highest BCUT2D eigenvalue weighted by atomic mass is 16.5. The lowest BCUT2D eigenvalue weighted by molar-refractivity contribution is 0.0586. The quantitative estimate of drug-likeness (QED) is 0.870. The van der Waals surface area contributed by atoms with Crippen molar-refractivity contribution in [3.63, 3.8) is 0 Å². The van der Waals surface area contributed by atoms with Crippen LogP contribution in [0.1, 0.15) is 31.2 Å². The maximum Gasteiger partial charge on any atom is 0.119 e. The van der Waals surface area contributed by atoms with Crippen molar-refractivity contribution >= 4 is 0 Å². The van der Waals surface area contributed by atoms with Gasteiger partial charge in [0, 0.05) is 19.7 Å². The highest BCUT2D eigenvalue weighted by Crippen LogP contribution is 2.21. The molecule has 1 fully saturated rings. The van der Waals surface area contributed by atoms with Crippen molar-refractivity contribution in [1.29, 1.82) is 0 Å². The summed E-state index contributed by atoms with van der Waals surface area (Å²) in [6.45, 7) is 0.901. The molecule has 0 saturated heterocycles. The second kappa shape index (κ2) is 6.76. The van der Waals surface area contributed by atoms with E-state index < -0.39 is 0 Å². The van der Waals surface area contributed by atoms with Gasteiger partial charge in [0.1, 0.15) is 5.75 Å². The first-order chi connectivity index (χ1) is 8.81. The maximum absolute atomic E-state index is 5.45. The van der Waals surface area contributed by atoms with E-state index in [9.17, 15) is 0 Å². The fourth-order valence-electron chi connectivity index (χ4n) is 2.59. The summed E-state index contributed by atoms with van der Waals surface area (Å²) in [5.74, 6) is 0.924. The van der Waals surface area contributed by atoms with Gasteiger partial charge in [0.15, 0.2) is 0 Å². The Labute approximate surface area is 109 Å². The molecule has 0 heterocycles. The van der Waals surface area contributed by atoms with E-state index in [-0.39, 0.29) is 0 Å². The van der Waals surface area contributed by atoms with Gasteiger partial charge in [0.05, 0.1) is 13.2 Å². The van der Waals surface area contributed by atoms with E-state index in [2.05, 4.69) is 17.4 Å². The largest absolute Gasteiger partial charge is 0.497 e. The van der Waals surface area contributed by atoms with Gasteiger partial charge < -0.3 is 14.8 Å². The van der Waals surface area contributed by atoms with Gasteiger partial charge in [-0.1, -0.05) is 12.1 Å². The third-order valence-electron chi connectivity index (χ3n) is 3.69. The summed E-state index contributed by atoms with van der Waals surface area (Å²) in [4.78, 5) is 0. The molecule has 2 unspecified atom stereocenters. The van der Waals surface area contributed by atoms with Gasteiger partial charge in [-0.15, -0.1) is 0 Å². The van der Waals surface area contributed by atoms with E-state index in [1.165, 1.54) is 24.8 Å². The molecular formula is C15H23NO2. The van der Waals surface area contributed by atoms with E-state index >= 15 is 0 Å². The Morgan fingerprint density at radius 1 is 1.28 bits per heavy atom. The van der Waals surface area contributed by atoms with Crippen LogP contribution in [-0.4, -0.2) is 26.4 Å². The fourth-order valence-corrected chi connectivity index (χ4v) is 2.59. The summed E-state index contributed by atoms with van der Waals surface area (Å²) in [6.07, 6.45) is 5.27. The van der Waals surface area contributed by atoms with Crippen molar-refractivity contribution in [3.8, 4) is 5.75 Å². The first-order valence-electron chi connectivity index (χ1n) is 6.71. The Morgan fingerprint density at radius 2 is 2.17 bits per heavy atom. The Hall–Kier alpha value is -1.06. The highest BCUT2D eigenvalue weighted by molar-refractivity contribution is 5.28. The van der Waals surface area contributed by atoms with Crippen LogP contribution < -0.4 is 10.1 Å². The monoisotopic (exact) mass is 249 g/mol. The van der Waals surface area contributed by atoms with E-state index in [0.717, 1.165) is 18.7 Å². The molecule has 1 N–H and O–H groups in total. The van der Waals surface area contributed by atoms with E-state index in [1.807, 2.05) is 19.2 Å². The van der Waals surface area contributed by atoms with Crippen LogP contribution in [0.5, 0.6) is 5.75 Å². The van der Waals surface area contributed by atoms with Gasteiger partial charge in [-0.25, -0.2) is 0 Å². The lowest BCUT2D eigenvalue weighted by Crippen LogP contribution is -2.36. The second-order valence-electron chi connectivity index (χ2n) is 4.95. The Morgan fingerprint density at radius 3 is 2.94 bits per heavy atom. The predicted molar refractivity (Wildman–Crippen MR) is 72.9 cm³/mol. The minimum atomic E-state index is 0.432. The van der Waals surface area contributed by atoms with Gasteiger partial charge in [-0.3, -0.25) is 0 Å². The summed E-state index contributed by atoms with van der Waals surface area (Å²) in [5.41, 5.74) is 1.27. The zero-order chi connectivity index (χ0) is 12.8. The molecule has 2 atom stereocenters. The van der Waals surface area contributed by atoms with Crippen molar-refractivity contribution in [2.45, 2.75) is 44.4 Å². The molecule has 18 heavy (non-hydrogen) atoms. The molecule has 1 saturated carbocycles. The van der Waals surface area contributed by atoms with E-state index in [1.54, 1.807) is 7.11 Å². The number of ether oxygens (including phenoxy) is 2. The smallest absolute Gasteiger partial charge is 0.119 e. The van der Waals surface area contributed by atoms with Crippen molar-refractivity contribution in [1.82, 2.24) is 5.32 Å². The minimum Gasteiger partial charge on any atom is -0.497 e. The fraction of sp³-hybridized carbons (Fsp3) is 0.600. The molecular weight excluding hydrogens is 226 g/mol. The Bertz CT molecular complexity index is 367. The third kappa shape index (κ3) is 3.72. The number of methoxy groups -OCH3 is 2. The first kappa shape index (κ1) is 13.4. The lowest BCUT2D eigenvalue weighted by Gasteiger charge is -2.29. The summed E-state index contributed by atoms with van der Waals surface area (Å²) in [6, 6.07) is 8.81. The average molecular weight is 249 g/mol. The van der Waals surface area contributed by atoms with Crippen LogP contribution in [0.15, 0.2) is 24.3 Å². The van der Waals surface area contributed by atoms with Crippen LogP contribution in [-0.2, 0) is 11.3 Å². The number of rotatable bonds is 5. The SMILES string of the molecule is COc1cccc(CNC2CCCC(OC)C2)c1. The molecule has 0 radical (unpaired) electrons.